The monoisotopic (exact) mass is 372 g/mol. The lowest BCUT2D eigenvalue weighted by molar-refractivity contribution is -0.142. The number of benzene rings is 1. The van der Waals surface area contributed by atoms with Crippen LogP contribution in [0.25, 0.3) is 0 Å². The summed E-state index contributed by atoms with van der Waals surface area (Å²) in [6, 6.07) is 8.31. The molecular formula is C19H24N4O2S. The van der Waals surface area contributed by atoms with Gasteiger partial charge in [0.05, 0.1) is 24.9 Å². The van der Waals surface area contributed by atoms with Gasteiger partial charge in [0, 0.05) is 29.7 Å². The van der Waals surface area contributed by atoms with Gasteiger partial charge in [-0.15, -0.1) is 11.3 Å². The minimum absolute atomic E-state index is 0.188. The van der Waals surface area contributed by atoms with E-state index in [1.165, 1.54) is 36.3 Å². The van der Waals surface area contributed by atoms with Gasteiger partial charge in [0.25, 0.3) is 0 Å². The van der Waals surface area contributed by atoms with E-state index in [4.69, 9.17) is 4.74 Å². The molecule has 6 nitrogen and oxygen atoms in total. The maximum atomic E-state index is 11.5. The van der Waals surface area contributed by atoms with Crippen molar-refractivity contribution in [2.45, 2.75) is 32.6 Å². The number of nitrogens with zero attached hydrogens (tertiary/aromatic N) is 3. The number of hydrazone groups is 1. The molecule has 0 spiro atoms. The minimum Gasteiger partial charge on any atom is -0.466 e. The van der Waals surface area contributed by atoms with Crippen LogP contribution in [0.4, 0.5) is 10.8 Å². The Bertz CT molecular complexity index is 754. The zero-order valence-electron chi connectivity index (χ0n) is 15.0. The topological polar surface area (TPSA) is 66.8 Å². The Morgan fingerprint density at radius 2 is 2.15 bits per heavy atom. The second kappa shape index (κ2) is 9.33. The Morgan fingerprint density at radius 1 is 1.35 bits per heavy atom. The first-order chi connectivity index (χ1) is 12.8. The Balaban J connectivity index is 1.61. The van der Waals surface area contributed by atoms with Gasteiger partial charge in [-0.05, 0) is 32.3 Å². The summed E-state index contributed by atoms with van der Waals surface area (Å²) in [5.41, 5.74) is 5.96. The van der Waals surface area contributed by atoms with Crippen molar-refractivity contribution >= 4 is 34.3 Å². The second-order valence-corrected chi connectivity index (χ2v) is 6.96. The molecule has 1 aromatic heterocycles. The van der Waals surface area contributed by atoms with Crippen molar-refractivity contribution in [2.24, 2.45) is 5.10 Å². The number of esters is 1. The number of aromatic nitrogens is 1. The van der Waals surface area contributed by atoms with Crippen LogP contribution in [0.3, 0.4) is 0 Å². The van der Waals surface area contributed by atoms with E-state index in [2.05, 4.69) is 38.6 Å². The van der Waals surface area contributed by atoms with Crippen LogP contribution in [0.15, 0.2) is 34.7 Å². The summed E-state index contributed by atoms with van der Waals surface area (Å²) in [7, 11) is 0. The highest BCUT2D eigenvalue weighted by atomic mass is 32.1. The molecule has 0 unspecified atom stereocenters. The van der Waals surface area contributed by atoms with Crippen molar-refractivity contribution in [3.8, 4) is 0 Å². The molecule has 1 saturated heterocycles. The van der Waals surface area contributed by atoms with E-state index in [1.54, 1.807) is 6.92 Å². The molecule has 0 radical (unpaired) electrons. The third-order valence-corrected chi connectivity index (χ3v) is 4.98. The largest absolute Gasteiger partial charge is 0.466 e. The van der Waals surface area contributed by atoms with E-state index >= 15 is 0 Å². The molecule has 1 aromatic carbocycles. The van der Waals surface area contributed by atoms with Gasteiger partial charge in [0.15, 0.2) is 0 Å². The van der Waals surface area contributed by atoms with Crippen LogP contribution in [-0.2, 0) is 16.0 Å². The number of carbonyl (C=O) groups excluding carboxylic acids is 1. The molecule has 26 heavy (non-hydrogen) atoms. The zero-order valence-corrected chi connectivity index (χ0v) is 15.8. The van der Waals surface area contributed by atoms with Crippen molar-refractivity contribution in [1.29, 1.82) is 0 Å². The Hall–Kier alpha value is -2.41. The fraction of sp³-hybridized carbons (Fsp3) is 0.421. The Morgan fingerprint density at radius 3 is 2.96 bits per heavy atom. The molecule has 3 rings (SSSR count). The summed E-state index contributed by atoms with van der Waals surface area (Å²) in [4.78, 5) is 18.3. The van der Waals surface area contributed by atoms with Crippen LogP contribution in [0.1, 0.15) is 37.4 Å². The highest BCUT2D eigenvalue weighted by molar-refractivity contribution is 7.13. The average molecular weight is 372 g/mol. The summed E-state index contributed by atoms with van der Waals surface area (Å²) in [5.74, 6) is -0.261. The number of ether oxygens (including phenoxy) is 1. The molecule has 2 aromatic rings. The van der Waals surface area contributed by atoms with Crippen molar-refractivity contribution in [2.75, 3.05) is 30.0 Å². The smallest absolute Gasteiger partial charge is 0.311 e. The van der Waals surface area contributed by atoms with Crippen LogP contribution < -0.4 is 10.3 Å². The van der Waals surface area contributed by atoms with Crippen molar-refractivity contribution < 1.29 is 9.53 Å². The van der Waals surface area contributed by atoms with Gasteiger partial charge in [-0.3, -0.25) is 10.2 Å². The first-order valence-electron chi connectivity index (χ1n) is 8.99. The maximum absolute atomic E-state index is 11.5. The quantitative estimate of drug-likeness (QED) is 0.456. The van der Waals surface area contributed by atoms with E-state index in [-0.39, 0.29) is 12.4 Å². The fourth-order valence-corrected chi connectivity index (χ4v) is 3.64. The van der Waals surface area contributed by atoms with E-state index in [9.17, 15) is 4.79 Å². The molecule has 7 heteroatoms. The van der Waals surface area contributed by atoms with E-state index in [0.29, 0.717) is 17.4 Å². The first kappa shape index (κ1) is 18.4. The number of anilines is 2. The highest BCUT2D eigenvalue weighted by Crippen LogP contribution is 2.23. The predicted molar refractivity (Wildman–Crippen MR) is 106 cm³/mol. The highest BCUT2D eigenvalue weighted by Gasteiger charge is 2.13. The van der Waals surface area contributed by atoms with Crippen LogP contribution in [0.5, 0.6) is 0 Å². The predicted octanol–water partition coefficient (Wildman–Crippen LogP) is 3.69. The molecule has 1 aliphatic rings. The molecule has 0 amide bonds. The van der Waals surface area contributed by atoms with Crippen LogP contribution in [0, 0.1) is 0 Å². The van der Waals surface area contributed by atoms with Gasteiger partial charge >= 0.3 is 5.97 Å². The number of hydrogen-bond acceptors (Lipinski definition) is 7. The van der Waals surface area contributed by atoms with Gasteiger partial charge < -0.3 is 9.64 Å². The second-order valence-electron chi connectivity index (χ2n) is 6.10. The number of nitrogens with one attached hydrogen (secondary N) is 1. The van der Waals surface area contributed by atoms with Gasteiger partial charge in [-0.2, -0.15) is 5.10 Å². The average Bonchev–Trinajstić information content (AvgIpc) is 3.10. The van der Waals surface area contributed by atoms with Gasteiger partial charge in [0.2, 0.25) is 5.13 Å². The standard InChI is InChI=1S/C19H24N4O2S/c1-2-25-18(24)12-16-14-26-19(21-16)22-20-13-15-8-4-5-9-17(15)23-10-6-3-7-11-23/h4-5,8-9,13-14H,2-3,6-7,10-12H2,1H3,(H,21,22). The molecular weight excluding hydrogens is 348 g/mol. The van der Waals surface area contributed by atoms with Crippen LogP contribution in [0.2, 0.25) is 0 Å². The first-order valence-corrected chi connectivity index (χ1v) is 9.87. The summed E-state index contributed by atoms with van der Waals surface area (Å²) in [6.45, 7) is 4.38. The summed E-state index contributed by atoms with van der Waals surface area (Å²) in [6.07, 6.45) is 5.81. The minimum atomic E-state index is -0.261. The van der Waals surface area contributed by atoms with E-state index in [1.807, 2.05) is 17.7 Å². The summed E-state index contributed by atoms with van der Waals surface area (Å²) >= 11 is 1.42. The molecule has 1 fully saturated rings. The Kier molecular flexibility index (Phi) is 6.60. The van der Waals surface area contributed by atoms with Crippen molar-refractivity contribution in [3.05, 3.63) is 40.9 Å². The van der Waals surface area contributed by atoms with E-state index < -0.39 is 0 Å². The zero-order chi connectivity index (χ0) is 18.2. The molecule has 2 heterocycles. The third-order valence-electron chi connectivity index (χ3n) is 4.18. The lowest BCUT2D eigenvalue weighted by Gasteiger charge is -2.29. The SMILES string of the molecule is CCOC(=O)Cc1csc(NN=Cc2ccccc2N2CCCCC2)n1. The lowest BCUT2D eigenvalue weighted by atomic mass is 10.1. The number of piperidine rings is 1. The number of hydrogen-bond donors (Lipinski definition) is 1. The number of thiazole rings is 1. The van der Waals surface area contributed by atoms with Crippen LogP contribution >= 0.6 is 11.3 Å². The normalized spacial score (nSPS) is 14.6. The molecule has 138 valence electrons. The summed E-state index contributed by atoms with van der Waals surface area (Å²) < 4.78 is 4.94. The number of para-hydroxylation sites is 1. The fourth-order valence-electron chi connectivity index (χ4n) is 2.98. The molecule has 0 aliphatic carbocycles. The van der Waals surface area contributed by atoms with Crippen molar-refractivity contribution in [1.82, 2.24) is 4.98 Å². The van der Waals surface area contributed by atoms with E-state index in [0.717, 1.165) is 18.7 Å². The van der Waals surface area contributed by atoms with Crippen molar-refractivity contribution in [3.63, 3.8) is 0 Å². The maximum Gasteiger partial charge on any atom is 0.311 e. The lowest BCUT2D eigenvalue weighted by Crippen LogP contribution is -2.30. The third kappa shape index (κ3) is 5.05. The molecule has 1 aliphatic heterocycles. The molecule has 0 saturated carbocycles. The molecule has 1 N–H and O–H groups in total. The van der Waals surface area contributed by atoms with Gasteiger partial charge in [-0.25, -0.2) is 4.98 Å². The molecule has 0 atom stereocenters. The summed E-state index contributed by atoms with van der Waals surface area (Å²) in [5, 5.41) is 6.83. The van der Waals surface area contributed by atoms with Gasteiger partial charge in [-0.1, -0.05) is 18.2 Å². The number of carbonyl (C=O) groups is 1. The molecule has 0 bridgehead atoms. The Labute approximate surface area is 157 Å². The number of rotatable bonds is 7. The van der Waals surface area contributed by atoms with Gasteiger partial charge in [0.1, 0.15) is 0 Å². The van der Waals surface area contributed by atoms with Crippen LogP contribution in [-0.4, -0.2) is 36.9 Å².